The first-order valence-electron chi connectivity index (χ1n) is 11.0. The SMILES string of the molecule is CCCCCCCCCC(=O)N[C@H](CN1CCOCC1)[C@H](O)c1ccccc1.Cl. The predicted octanol–water partition coefficient (Wildman–Crippen LogP) is 4.10. The Morgan fingerprint density at radius 1 is 1.07 bits per heavy atom. The van der Waals surface area contributed by atoms with E-state index in [9.17, 15) is 9.90 Å². The van der Waals surface area contributed by atoms with Gasteiger partial charge in [-0.2, -0.15) is 0 Å². The van der Waals surface area contributed by atoms with Gasteiger partial charge in [-0.25, -0.2) is 0 Å². The first-order valence-corrected chi connectivity index (χ1v) is 11.0. The van der Waals surface area contributed by atoms with Gasteiger partial charge >= 0.3 is 0 Å². The number of benzene rings is 1. The summed E-state index contributed by atoms with van der Waals surface area (Å²) in [6.45, 7) is 5.96. The third-order valence-corrected chi connectivity index (χ3v) is 5.43. The summed E-state index contributed by atoms with van der Waals surface area (Å²) in [7, 11) is 0. The second kappa shape index (κ2) is 15.7. The van der Waals surface area contributed by atoms with Crippen LogP contribution in [0.3, 0.4) is 0 Å². The van der Waals surface area contributed by atoms with Crippen molar-refractivity contribution < 1.29 is 14.6 Å². The first-order chi connectivity index (χ1) is 13.7. The van der Waals surface area contributed by atoms with Crippen molar-refractivity contribution >= 4 is 18.3 Å². The van der Waals surface area contributed by atoms with Gasteiger partial charge in [0.1, 0.15) is 6.10 Å². The summed E-state index contributed by atoms with van der Waals surface area (Å²) in [4.78, 5) is 14.8. The molecule has 1 aliphatic heterocycles. The zero-order chi connectivity index (χ0) is 20.0. The number of ether oxygens (including phenoxy) is 1. The lowest BCUT2D eigenvalue weighted by Crippen LogP contribution is -2.49. The van der Waals surface area contributed by atoms with Gasteiger partial charge < -0.3 is 15.2 Å². The van der Waals surface area contributed by atoms with Crippen LogP contribution < -0.4 is 5.32 Å². The third-order valence-electron chi connectivity index (χ3n) is 5.43. The Kier molecular flexibility index (Phi) is 14.0. The Bertz CT molecular complexity index is 538. The lowest BCUT2D eigenvalue weighted by molar-refractivity contribution is -0.123. The molecule has 5 nitrogen and oxygen atoms in total. The summed E-state index contributed by atoms with van der Waals surface area (Å²) < 4.78 is 5.42. The van der Waals surface area contributed by atoms with Gasteiger partial charge in [-0.1, -0.05) is 75.8 Å². The highest BCUT2D eigenvalue weighted by molar-refractivity contribution is 5.85. The van der Waals surface area contributed by atoms with E-state index in [2.05, 4.69) is 17.1 Å². The van der Waals surface area contributed by atoms with Crippen LogP contribution in [0.15, 0.2) is 30.3 Å². The summed E-state index contributed by atoms with van der Waals surface area (Å²) >= 11 is 0. The molecule has 0 unspecified atom stereocenters. The van der Waals surface area contributed by atoms with Crippen LogP contribution >= 0.6 is 12.4 Å². The number of carbonyl (C=O) groups excluding carboxylic acids is 1. The van der Waals surface area contributed by atoms with Crippen LogP contribution in [0.5, 0.6) is 0 Å². The summed E-state index contributed by atoms with van der Waals surface area (Å²) in [6.07, 6.45) is 8.19. The van der Waals surface area contributed by atoms with Crippen molar-refractivity contribution in [2.24, 2.45) is 0 Å². The Morgan fingerprint density at radius 2 is 1.69 bits per heavy atom. The number of amides is 1. The van der Waals surface area contributed by atoms with E-state index in [0.717, 1.165) is 31.5 Å². The average Bonchev–Trinajstić information content (AvgIpc) is 2.73. The summed E-state index contributed by atoms with van der Waals surface area (Å²) in [6, 6.07) is 9.30. The van der Waals surface area contributed by atoms with Crippen LogP contribution in [0.2, 0.25) is 0 Å². The quantitative estimate of drug-likeness (QED) is 0.466. The van der Waals surface area contributed by atoms with E-state index in [1.165, 1.54) is 32.1 Å². The largest absolute Gasteiger partial charge is 0.386 e. The van der Waals surface area contributed by atoms with Crippen molar-refractivity contribution in [3.8, 4) is 0 Å². The molecule has 1 aromatic rings. The predicted molar refractivity (Wildman–Crippen MR) is 120 cm³/mol. The number of nitrogens with zero attached hydrogens (tertiary/aromatic N) is 1. The number of hydrogen-bond acceptors (Lipinski definition) is 4. The van der Waals surface area contributed by atoms with Crippen molar-refractivity contribution in [2.45, 2.75) is 70.4 Å². The van der Waals surface area contributed by atoms with Gasteiger partial charge in [0.2, 0.25) is 5.91 Å². The van der Waals surface area contributed by atoms with Gasteiger partial charge in [0.25, 0.3) is 0 Å². The minimum atomic E-state index is -0.706. The van der Waals surface area contributed by atoms with Crippen LogP contribution in [-0.2, 0) is 9.53 Å². The van der Waals surface area contributed by atoms with E-state index in [4.69, 9.17) is 4.74 Å². The molecule has 1 saturated heterocycles. The number of rotatable bonds is 13. The normalized spacial score (nSPS) is 16.6. The Labute approximate surface area is 182 Å². The maximum absolute atomic E-state index is 12.5. The van der Waals surface area contributed by atoms with E-state index in [1.807, 2.05) is 30.3 Å². The van der Waals surface area contributed by atoms with Crippen molar-refractivity contribution in [3.05, 3.63) is 35.9 Å². The minimum absolute atomic E-state index is 0. The molecule has 0 radical (unpaired) electrons. The highest BCUT2D eigenvalue weighted by Crippen LogP contribution is 2.18. The van der Waals surface area contributed by atoms with E-state index < -0.39 is 6.10 Å². The molecule has 6 heteroatoms. The lowest BCUT2D eigenvalue weighted by atomic mass is 10.0. The van der Waals surface area contributed by atoms with E-state index in [0.29, 0.717) is 26.2 Å². The molecule has 0 aliphatic carbocycles. The molecule has 2 rings (SSSR count). The maximum atomic E-state index is 12.5. The molecule has 0 aromatic heterocycles. The molecular formula is C23H39ClN2O3. The molecule has 2 atom stereocenters. The zero-order valence-corrected chi connectivity index (χ0v) is 18.7. The topological polar surface area (TPSA) is 61.8 Å². The molecule has 1 fully saturated rings. The fraction of sp³-hybridized carbons (Fsp3) is 0.696. The number of halogens is 1. The molecule has 1 heterocycles. The molecule has 0 spiro atoms. The Morgan fingerprint density at radius 3 is 2.34 bits per heavy atom. The van der Waals surface area contributed by atoms with Crippen molar-refractivity contribution in [1.82, 2.24) is 10.2 Å². The molecule has 29 heavy (non-hydrogen) atoms. The average molecular weight is 427 g/mol. The fourth-order valence-electron chi connectivity index (χ4n) is 3.69. The lowest BCUT2D eigenvalue weighted by Gasteiger charge is -2.33. The molecule has 1 amide bonds. The third kappa shape index (κ3) is 10.4. The van der Waals surface area contributed by atoms with Crippen LogP contribution in [0.4, 0.5) is 0 Å². The zero-order valence-electron chi connectivity index (χ0n) is 17.9. The highest BCUT2D eigenvalue weighted by Gasteiger charge is 2.26. The minimum Gasteiger partial charge on any atom is -0.386 e. The van der Waals surface area contributed by atoms with Gasteiger partial charge in [-0.05, 0) is 12.0 Å². The number of morpholine rings is 1. The standard InChI is InChI=1S/C23H38N2O3.ClH/c1-2-3-4-5-6-7-11-14-22(26)24-21(19-25-15-17-28-18-16-25)23(27)20-12-9-8-10-13-20;/h8-10,12-13,21,23,27H,2-7,11,14-19H2,1H3,(H,24,26);1H/t21-,23-;/m1./s1. The van der Waals surface area contributed by atoms with E-state index in [-0.39, 0.29) is 24.4 Å². The van der Waals surface area contributed by atoms with Crippen LogP contribution in [-0.4, -0.2) is 54.8 Å². The molecule has 1 aliphatic rings. The van der Waals surface area contributed by atoms with Crippen LogP contribution in [0.25, 0.3) is 0 Å². The van der Waals surface area contributed by atoms with Gasteiger partial charge in [-0.3, -0.25) is 9.69 Å². The molecule has 0 bridgehead atoms. The maximum Gasteiger partial charge on any atom is 0.220 e. The molecule has 2 N–H and O–H groups in total. The highest BCUT2D eigenvalue weighted by atomic mass is 35.5. The smallest absolute Gasteiger partial charge is 0.220 e. The van der Waals surface area contributed by atoms with Gasteiger partial charge in [-0.15, -0.1) is 12.4 Å². The van der Waals surface area contributed by atoms with Gasteiger partial charge in [0.15, 0.2) is 0 Å². The molecule has 1 aromatic carbocycles. The molecule has 0 saturated carbocycles. The summed E-state index contributed by atoms with van der Waals surface area (Å²) in [5.74, 6) is 0.0433. The Hall–Kier alpha value is -1.14. The van der Waals surface area contributed by atoms with Crippen LogP contribution in [0, 0.1) is 0 Å². The summed E-state index contributed by atoms with van der Waals surface area (Å²) in [5, 5.41) is 14.0. The van der Waals surface area contributed by atoms with Crippen molar-refractivity contribution in [1.29, 1.82) is 0 Å². The van der Waals surface area contributed by atoms with Crippen molar-refractivity contribution in [2.75, 3.05) is 32.8 Å². The molecular weight excluding hydrogens is 388 g/mol. The number of aliphatic hydroxyl groups excluding tert-OH is 1. The second-order valence-electron chi connectivity index (χ2n) is 7.81. The number of unbranched alkanes of at least 4 members (excludes halogenated alkanes) is 6. The number of hydrogen-bond donors (Lipinski definition) is 2. The first kappa shape index (κ1) is 25.9. The van der Waals surface area contributed by atoms with Crippen molar-refractivity contribution in [3.63, 3.8) is 0 Å². The monoisotopic (exact) mass is 426 g/mol. The number of carbonyl (C=O) groups is 1. The van der Waals surface area contributed by atoms with Gasteiger partial charge in [0, 0.05) is 26.1 Å². The second-order valence-corrected chi connectivity index (χ2v) is 7.81. The van der Waals surface area contributed by atoms with E-state index in [1.54, 1.807) is 0 Å². The van der Waals surface area contributed by atoms with Crippen LogP contribution in [0.1, 0.15) is 70.0 Å². The molecule has 166 valence electrons. The Balaban J connectivity index is 0.00000420. The summed E-state index contributed by atoms with van der Waals surface area (Å²) in [5.41, 5.74) is 0.844. The number of nitrogens with one attached hydrogen (secondary N) is 1. The fourth-order valence-corrected chi connectivity index (χ4v) is 3.69. The van der Waals surface area contributed by atoms with Gasteiger partial charge in [0.05, 0.1) is 19.3 Å². The van der Waals surface area contributed by atoms with E-state index >= 15 is 0 Å². The number of aliphatic hydroxyl groups is 1.